The Balaban J connectivity index is 6.49. The summed E-state index contributed by atoms with van der Waals surface area (Å²) < 4.78 is 152. The van der Waals surface area contributed by atoms with Crippen molar-refractivity contribution in [3.63, 3.8) is 0 Å². The van der Waals surface area contributed by atoms with Crippen LogP contribution in [0.3, 0.4) is 0 Å². The molecule has 0 N–H and O–H groups in total. The van der Waals surface area contributed by atoms with Gasteiger partial charge in [0.2, 0.25) is 10.2 Å². The van der Waals surface area contributed by atoms with Crippen molar-refractivity contribution < 1.29 is 52.7 Å². The maximum Gasteiger partial charge on any atom is 0.354 e. The fourth-order valence-electron chi connectivity index (χ4n) is 1.35. The zero-order valence-corrected chi connectivity index (χ0v) is 14.5. The fraction of sp³-hybridized carbons (Fsp3) is 0.800. The standard InChI is InChI=1S/C10H4Cl4F12/c11-7(12,9(14,24)6(21,22)3(16)4(17)18)10(25,26)8(13,23)5(19,20)1-2-15/h1-2H2. The van der Waals surface area contributed by atoms with E-state index in [0.717, 1.165) is 0 Å². The SMILES string of the molecule is FCCC(F)(F)C(F)(Cl)C(F)(F)C(Cl)(Cl)C(F)(Cl)C(F)(F)C(F)=C(F)F. The third kappa shape index (κ3) is 3.67. The summed E-state index contributed by atoms with van der Waals surface area (Å²) in [5.41, 5.74) is 0. The van der Waals surface area contributed by atoms with E-state index in [9.17, 15) is 52.7 Å². The molecule has 16 heteroatoms. The first-order valence-electron chi connectivity index (χ1n) is 5.71. The first-order valence-corrected chi connectivity index (χ1v) is 7.22. The summed E-state index contributed by atoms with van der Waals surface area (Å²) in [4.78, 5) is 0. The number of allylic oxidation sites excluding steroid dienone is 1. The molecule has 0 aliphatic heterocycles. The summed E-state index contributed by atoms with van der Waals surface area (Å²) in [6.45, 7) is -2.18. The molecule has 0 bridgehead atoms. The van der Waals surface area contributed by atoms with E-state index in [-0.39, 0.29) is 0 Å². The minimum absolute atomic E-state index is 2.18. The number of rotatable bonds is 8. The third-order valence-electron chi connectivity index (χ3n) is 2.89. The third-order valence-corrected chi connectivity index (χ3v) is 5.11. The van der Waals surface area contributed by atoms with Gasteiger partial charge in [-0.15, -0.1) is 0 Å². The zero-order chi connectivity index (χ0) is 21.6. The highest BCUT2D eigenvalue weighted by Gasteiger charge is 2.85. The topological polar surface area (TPSA) is 0 Å². The van der Waals surface area contributed by atoms with Gasteiger partial charge in [0.15, 0.2) is 0 Å². The van der Waals surface area contributed by atoms with Gasteiger partial charge in [0.05, 0.1) is 6.67 Å². The van der Waals surface area contributed by atoms with Gasteiger partial charge in [0.25, 0.3) is 5.13 Å². The Labute approximate surface area is 157 Å². The normalized spacial score (nSPS) is 18.9. The smallest absolute Gasteiger partial charge is 0.251 e. The van der Waals surface area contributed by atoms with Gasteiger partial charge in [-0.3, -0.25) is 4.39 Å². The van der Waals surface area contributed by atoms with Gasteiger partial charge in [-0.2, -0.15) is 30.7 Å². The summed E-state index contributed by atoms with van der Waals surface area (Å²) in [5, 5.41) is -12.0. The van der Waals surface area contributed by atoms with Crippen LogP contribution in [0.4, 0.5) is 52.7 Å². The molecule has 0 amide bonds. The molecule has 26 heavy (non-hydrogen) atoms. The number of halogens is 16. The predicted molar refractivity (Wildman–Crippen MR) is 69.6 cm³/mol. The van der Waals surface area contributed by atoms with Gasteiger partial charge < -0.3 is 0 Å². The van der Waals surface area contributed by atoms with Crippen LogP contribution in [0.1, 0.15) is 6.42 Å². The molecule has 0 fully saturated rings. The Kier molecular flexibility index (Phi) is 7.49. The molecule has 0 rings (SSSR count). The largest absolute Gasteiger partial charge is 0.354 e. The average Bonchev–Trinajstić information content (AvgIpc) is 2.44. The van der Waals surface area contributed by atoms with Crippen LogP contribution in [-0.4, -0.2) is 39.0 Å². The quantitative estimate of drug-likeness (QED) is 0.245. The molecule has 0 radical (unpaired) electrons. The number of alkyl halides is 13. The minimum Gasteiger partial charge on any atom is -0.251 e. The summed E-state index contributed by atoms with van der Waals surface area (Å²) >= 11 is 17.5. The van der Waals surface area contributed by atoms with E-state index in [4.69, 9.17) is 0 Å². The lowest BCUT2D eigenvalue weighted by molar-refractivity contribution is -0.233. The van der Waals surface area contributed by atoms with Crippen molar-refractivity contribution in [2.24, 2.45) is 0 Å². The van der Waals surface area contributed by atoms with E-state index in [1.54, 1.807) is 0 Å². The van der Waals surface area contributed by atoms with Gasteiger partial charge in [0.1, 0.15) is 0 Å². The Bertz CT molecular complexity index is 552. The Morgan fingerprint density at radius 1 is 0.692 bits per heavy atom. The van der Waals surface area contributed by atoms with Crippen LogP contribution < -0.4 is 0 Å². The van der Waals surface area contributed by atoms with Crippen molar-refractivity contribution in [2.75, 3.05) is 6.67 Å². The van der Waals surface area contributed by atoms with Crippen LogP contribution in [0, 0.1) is 0 Å². The van der Waals surface area contributed by atoms with Gasteiger partial charge in [-0.05, 0) is 0 Å². The number of hydrogen-bond acceptors (Lipinski definition) is 0. The molecule has 2 atom stereocenters. The van der Waals surface area contributed by atoms with Crippen molar-refractivity contribution in [3.8, 4) is 0 Å². The molecule has 0 aromatic carbocycles. The lowest BCUT2D eigenvalue weighted by atomic mass is 9.95. The van der Waals surface area contributed by atoms with Crippen molar-refractivity contribution in [1.82, 2.24) is 0 Å². The Morgan fingerprint density at radius 2 is 1.08 bits per heavy atom. The molecule has 0 heterocycles. The highest BCUT2D eigenvalue weighted by Crippen LogP contribution is 2.65. The maximum atomic E-state index is 14.0. The monoisotopic (exact) mass is 492 g/mol. The van der Waals surface area contributed by atoms with Gasteiger partial charge >= 0.3 is 29.0 Å². The molecule has 0 aromatic rings. The van der Waals surface area contributed by atoms with E-state index >= 15 is 0 Å². The maximum absolute atomic E-state index is 14.0. The van der Waals surface area contributed by atoms with Crippen molar-refractivity contribution in [1.29, 1.82) is 0 Å². The molecular formula is C10H4Cl4F12. The molecule has 0 nitrogen and oxygen atoms in total. The Hall–Kier alpha value is 0.0600. The van der Waals surface area contributed by atoms with Crippen molar-refractivity contribution in [3.05, 3.63) is 11.9 Å². The van der Waals surface area contributed by atoms with E-state index < -0.39 is 57.4 Å². The second kappa shape index (κ2) is 7.47. The summed E-state index contributed by atoms with van der Waals surface area (Å²) in [6.07, 6.45) is -6.34. The van der Waals surface area contributed by atoms with Crippen LogP contribution in [-0.2, 0) is 0 Å². The van der Waals surface area contributed by atoms with E-state index in [1.165, 1.54) is 0 Å². The average molecular weight is 494 g/mol. The van der Waals surface area contributed by atoms with Crippen molar-refractivity contribution in [2.45, 2.75) is 38.8 Å². The second-order valence-electron chi connectivity index (χ2n) is 4.59. The highest BCUT2D eigenvalue weighted by molar-refractivity contribution is 6.54. The first-order chi connectivity index (χ1) is 11.2. The van der Waals surface area contributed by atoms with Crippen LogP contribution in [0.2, 0.25) is 0 Å². The van der Waals surface area contributed by atoms with E-state index in [1.807, 2.05) is 0 Å². The molecule has 2 unspecified atom stereocenters. The van der Waals surface area contributed by atoms with Crippen LogP contribution in [0.25, 0.3) is 0 Å². The molecule has 0 saturated carbocycles. The number of hydrogen-bond donors (Lipinski definition) is 0. The molecule has 0 aromatic heterocycles. The molecule has 0 spiro atoms. The van der Waals surface area contributed by atoms with Gasteiger partial charge in [0, 0.05) is 6.42 Å². The second-order valence-corrected chi connectivity index (χ2v) is 6.96. The lowest BCUT2D eigenvalue weighted by Crippen LogP contribution is -2.69. The van der Waals surface area contributed by atoms with Crippen LogP contribution >= 0.6 is 46.4 Å². The fourth-order valence-corrected chi connectivity index (χ4v) is 2.39. The van der Waals surface area contributed by atoms with Crippen LogP contribution in [0.15, 0.2) is 11.9 Å². The van der Waals surface area contributed by atoms with E-state index in [0.29, 0.717) is 0 Å². The summed E-state index contributed by atoms with van der Waals surface area (Å²) in [7, 11) is 0. The lowest BCUT2D eigenvalue weighted by Gasteiger charge is -2.44. The highest BCUT2D eigenvalue weighted by atomic mass is 35.5. The Morgan fingerprint density at radius 3 is 1.38 bits per heavy atom. The summed E-state index contributed by atoms with van der Waals surface area (Å²) in [5.74, 6) is -22.6. The molecule has 0 saturated heterocycles. The molecule has 0 aliphatic carbocycles. The van der Waals surface area contributed by atoms with E-state index in [2.05, 4.69) is 46.4 Å². The predicted octanol–water partition coefficient (Wildman–Crippen LogP) is 7.31. The van der Waals surface area contributed by atoms with Gasteiger partial charge in [-0.1, -0.05) is 46.4 Å². The molecule has 156 valence electrons. The zero-order valence-electron chi connectivity index (χ0n) is 11.5. The first kappa shape index (κ1) is 26.1. The van der Waals surface area contributed by atoms with Crippen molar-refractivity contribution >= 4 is 46.4 Å². The van der Waals surface area contributed by atoms with Crippen LogP contribution in [0.5, 0.6) is 0 Å². The molecular weight excluding hydrogens is 490 g/mol. The van der Waals surface area contributed by atoms with Gasteiger partial charge in [-0.25, -0.2) is 17.6 Å². The summed E-state index contributed by atoms with van der Waals surface area (Å²) in [6, 6.07) is 0. The molecule has 0 aliphatic rings. The minimum atomic E-state index is -6.52.